The van der Waals surface area contributed by atoms with E-state index in [9.17, 15) is 4.79 Å². The summed E-state index contributed by atoms with van der Waals surface area (Å²) in [6.45, 7) is 2.06. The Labute approximate surface area is 205 Å². The summed E-state index contributed by atoms with van der Waals surface area (Å²) < 4.78 is 12.8. The van der Waals surface area contributed by atoms with E-state index >= 15 is 0 Å². The molecule has 1 aromatic heterocycles. The first-order valence-corrected chi connectivity index (χ1v) is 12.1. The van der Waals surface area contributed by atoms with Crippen LogP contribution in [-0.4, -0.2) is 33.8 Å². The molecule has 1 saturated carbocycles. The van der Waals surface area contributed by atoms with Gasteiger partial charge in [-0.3, -0.25) is 4.79 Å². The predicted octanol–water partition coefficient (Wildman–Crippen LogP) is 5.25. The molecule has 0 bridgehead atoms. The number of aliphatic imine (C=N–C) groups is 1. The molecule has 4 heterocycles. The molecule has 34 heavy (non-hydrogen) atoms. The fourth-order valence-electron chi connectivity index (χ4n) is 5.46. The molecule has 0 saturated heterocycles. The molecule has 4 atom stereocenters. The number of hydrogen-bond acceptors (Lipinski definition) is 5. The Morgan fingerprint density at radius 1 is 1.15 bits per heavy atom. The van der Waals surface area contributed by atoms with Crippen LogP contribution in [0.5, 0.6) is 11.5 Å². The SMILES string of the molecule is CC1(Oc2ccc3c(c2)C2C(O3)C2c2nc3cc(Cl)c(Cl)cc3[nH]2)CC=NC2=C1CCC(=O)N2. The quantitative estimate of drug-likeness (QED) is 0.520. The van der Waals surface area contributed by atoms with Crippen LogP contribution in [0.25, 0.3) is 11.0 Å². The summed E-state index contributed by atoms with van der Waals surface area (Å²) in [5.41, 5.74) is 3.26. The molecule has 172 valence electrons. The van der Waals surface area contributed by atoms with E-state index in [2.05, 4.69) is 28.3 Å². The van der Waals surface area contributed by atoms with Crippen LogP contribution in [0.2, 0.25) is 10.0 Å². The number of nitrogens with one attached hydrogen (secondary N) is 2. The number of aromatic amines is 1. The third-order valence-electron chi connectivity index (χ3n) is 7.24. The number of fused-ring (bicyclic) bond motifs is 4. The lowest BCUT2D eigenvalue weighted by atomic mass is 9.85. The third kappa shape index (κ3) is 3.00. The van der Waals surface area contributed by atoms with Gasteiger partial charge in [-0.2, -0.15) is 0 Å². The minimum atomic E-state index is -0.557. The molecule has 1 fully saturated rings. The van der Waals surface area contributed by atoms with Crippen LogP contribution in [0.3, 0.4) is 0 Å². The number of carbonyl (C=O) groups is 1. The Hall–Kier alpha value is -3.03. The monoisotopic (exact) mass is 494 g/mol. The van der Waals surface area contributed by atoms with E-state index in [4.69, 9.17) is 37.7 Å². The van der Waals surface area contributed by atoms with E-state index in [1.807, 2.05) is 18.3 Å². The Balaban J connectivity index is 1.17. The molecule has 0 spiro atoms. The summed E-state index contributed by atoms with van der Waals surface area (Å²) >= 11 is 12.3. The standard InChI is InChI=1S/C25H20Cl2N4O3/c1-25(6-7-28-23-13(25)3-5-19(32)31-23)34-11-2-4-18-12(8-11)20-21(22(20)33-18)24-29-16-9-14(26)15(27)10-17(16)30-24/h2,4,7-10,20-22H,3,5-6H2,1H3,(H,29,30)(H,31,32). The fourth-order valence-corrected chi connectivity index (χ4v) is 5.78. The van der Waals surface area contributed by atoms with Gasteiger partial charge in [-0.1, -0.05) is 23.2 Å². The number of aromatic nitrogens is 2. The van der Waals surface area contributed by atoms with Gasteiger partial charge >= 0.3 is 0 Å². The maximum absolute atomic E-state index is 11.8. The van der Waals surface area contributed by atoms with Crippen LogP contribution in [-0.2, 0) is 4.79 Å². The summed E-state index contributed by atoms with van der Waals surface area (Å²) in [5, 5.41) is 3.86. The molecule has 4 unspecified atom stereocenters. The number of H-pyrrole nitrogens is 1. The Morgan fingerprint density at radius 3 is 2.88 bits per heavy atom. The van der Waals surface area contributed by atoms with Crippen molar-refractivity contribution in [1.29, 1.82) is 0 Å². The second kappa shape index (κ2) is 6.99. The molecule has 2 N–H and O–H groups in total. The van der Waals surface area contributed by atoms with Crippen LogP contribution >= 0.6 is 23.2 Å². The van der Waals surface area contributed by atoms with E-state index < -0.39 is 5.60 Å². The van der Waals surface area contributed by atoms with Crippen molar-refractivity contribution in [3.05, 3.63) is 63.2 Å². The van der Waals surface area contributed by atoms with Gasteiger partial charge < -0.3 is 19.8 Å². The van der Waals surface area contributed by atoms with Crippen molar-refractivity contribution < 1.29 is 14.3 Å². The van der Waals surface area contributed by atoms with E-state index in [1.54, 1.807) is 12.1 Å². The molecule has 3 aliphatic heterocycles. The number of halogens is 2. The number of benzene rings is 2. The smallest absolute Gasteiger partial charge is 0.225 e. The molecule has 7 rings (SSSR count). The second-order valence-corrected chi connectivity index (χ2v) is 10.3. The molecular formula is C25H20Cl2N4O3. The summed E-state index contributed by atoms with van der Waals surface area (Å²) in [7, 11) is 0. The van der Waals surface area contributed by atoms with Crippen molar-refractivity contribution in [2.45, 2.75) is 49.7 Å². The van der Waals surface area contributed by atoms with Crippen molar-refractivity contribution in [3.8, 4) is 11.5 Å². The van der Waals surface area contributed by atoms with Gasteiger partial charge in [-0.25, -0.2) is 9.98 Å². The molecule has 1 aliphatic carbocycles. The molecule has 4 aliphatic rings. The number of amides is 1. The highest BCUT2D eigenvalue weighted by Gasteiger charge is 2.61. The van der Waals surface area contributed by atoms with E-state index in [-0.39, 0.29) is 23.8 Å². The van der Waals surface area contributed by atoms with Gasteiger partial charge in [0.15, 0.2) is 0 Å². The predicted molar refractivity (Wildman–Crippen MR) is 129 cm³/mol. The summed E-state index contributed by atoms with van der Waals surface area (Å²) in [4.78, 5) is 24.3. The lowest BCUT2D eigenvalue weighted by Crippen LogP contribution is -2.43. The van der Waals surface area contributed by atoms with Gasteiger partial charge in [-0.15, -0.1) is 0 Å². The average Bonchev–Trinajstić information content (AvgIpc) is 3.15. The molecule has 3 aromatic rings. The second-order valence-electron chi connectivity index (χ2n) is 9.46. The first-order chi connectivity index (χ1) is 16.4. The third-order valence-corrected chi connectivity index (χ3v) is 7.97. The van der Waals surface area contributed by atoms with Crippen LogP contribution in [0.15, 0.2) is 46.7 Å². The molecule has 2 aromatic carbocycles. The summed E-state index contributed by atoms with van der Waals surface area (Å²) in [5.74, 6) is 3.53. The Morgan fingerprint density at radius 2 is 2.00 bits per heavy atom. The molecular weight excluding hydrogens is 475 g/mol. The minimum absolute atomic E-state index is 0.00391. The van der Waals surface area contributed by atoms with E-state index in [0.29, 0.717) is 35.1 Å². The highest BCUT2D eigenvalue weighted by atomic mass is 35.5. The zero-order valence-corrected chi connectivity index (χ0v) is 19.7. The maximum atomic E-state index is 11.8. The first kappa shape index (κ1) is 20.4. The Kier molecular flexibility index (Phi) is 4.19. The highest BCUT2D eigenvalue weighted by Crippen LogP contribution is 2.63. The molecule has 9 heteroatoms. The maximum Gasteiger partial charge on any atom is 0.225 e. The van der Waals surface area contributed by atoms with Crippen LogP contribution in [0.4, 0.5) is 0 Å². The molecule has 1 amide bonds. The summed E-state index contributed by atoms with van der Waals surface area (Å²) in [6.07, 6.45) is 3.61. The van der Waals surface area contributed by atoms with Gasteiger partial charge in [0.25, 0.3) is 0 Å². The zero-order valence-electron chi connectivity index (χ0n) is 18.2. The van der Waals surface area contributed by atoms with Crippen LogP contribution in [0, 0.1) is 0 Å². The van der Waals surface area contributed by atoms with Gasteiger partial charge in [0, 0.05) is 36.1 Å². The number of carbonyl (C=O) groups excluding carboxylic acids is 1. The van der Waals surface area contributed by atoms with Crippen molar-refractivity contribution >= 4 is 46.4 Å². The minimum Gasteiger partial charge on any atom is -0.489 e. The molecule has 0 radical (unpaired) electrons. The number of nitrogens with zero attached hydrogens (tertiary/aromatic N) is 2. The van der Waals surface area contributed by atoms with Crippen molar-refractivity contribution in [1.82, 2.24) is 15.3 Å². The first-order valence-electron chi connectivity index (χ1n) is 11.3. The summed E-state index contributed by atoms with van der Waals surface area (Å²) in [6, 6.07) is 9.59. The normalized spacial score (nSPS) is 28.8. The lowest BCUT2D eigenvalue weighted by molar-refractivity contribution is -0.121. The number of hydrogen-bond donors (Lipinski definition) is 2. The average molecular weight is 495 g/mol. The van der Waals surface area contributed by atoms with E-state index in [1.165, 1.54) is 0 Å². The van der Waals surface area contributed by atoms with Crippen LogP contribution < -0.4 is 14.8 Å². The highest BCUT2D eigenvalue weighted by molar-refractivity contribution is 6.42. The van der Waals surface area contributed by atoms with Gasteiger partial charge in [-0.05, 0) is 43.7 Å². The van der Waals surface area contributed by atoms with Crippen molar-refractivity contribution in [2.24, 2.45) is 4.99 Å². The fraction of sp³-hybridized carbons (Fsp3) is 0.320. The molecule has 7 nitrogen and oxygen atoms in total. The van der Waals surface area contributed by atoms with Gasteiger partial charge in [0.05, 0.1) is 27.0 Å². The van der Waals surface area contributed by atoms with Gasteiger partial charge in [0.2, 0.25) is 5.91 Å². The zero-order chi connectivity index (χ0) is 23.2. The van der Waals surface area contributed by atoms with E-state index in [0.717, 1.165) is 39.5 Å². The number of ether oxygens (including phenoxy) is 2. The Bertz CT molecular complexity index is 1420. The van der Waals surface area contributed by atoms with Gasteiger partial charge in [0.1, 0.15) is 34.8 Å². The number of rotatable bonds is 3. The van der Waals surface area contributed by atoms with Crippen LogP contribution in [0.1, 0.15) is 49.4 Å². The topological polar surface area (TPSA) is 88.6 Å². The largest absolute Gasteiger partial charge is 0.489 e. The lowest BCUT2D eigenvalue weighted by Gasteiger charge is -2.37. The van der Waals surface area contributed by atoms with Crippen molar-refractivity contribution in [3.63, 3.8) is 0 Å². The van der Waals surface area contributed by atoms with Crippen molar-refractivity contribution in [2.75, 3.05) is 0 Å². The number of imidazole rings is 1.